The van der Waals surface area contributed by atoms with E-state index in [2.05, 4.69) is 4.98 Å². The fourth-order valence-electron chi connectivity index (χ4n) is 5.23. The number of hydrogen-bond acceptors (Lipinski definition) is 4. The SMILES string of the molecule is COc1cncc2c1C1(O)CCC(c3ccccc3)[C@]1(c1ccc(C(F)(F)F)cc1)O2. The van der Waals surface area contributed by atoms with Crippen molar-refractivity contribution in [3.63, 3.8) is 0 Å². The van der Waals surface area contributed by atoms with Crippen LogP contribution in [0.3, 0.4) is 0 Å². The maximum atomic E-state index is 13.2. The molecule has 0 saturated heterocycles. The first-order chi connectivity index (χ1) is 14.8. The number of methoxy groups -OCH3 is 1. The Balaban J connectivity index is 1.74. The molecule has 3 aromatic rings. The molecule has 2 aliphatic rings. The number of fused-ring (bicyclic) bond motifs is 3. The highest BCUT2D eigenvalue weighted by Crippen LogP contribution is 2.67. The van der Waals surface area contributed by atoms with Crippen molar-refractivity contribution in [3.8, 4) is 11.5 Å². The number of alkyl halides is 3. The van der Waals surface area contributed by atoms with Crippen LogP contribution in [0.4, 0.5) is 13.2 Å². The molecule has 0 spiro atoms. The van der Waals surface area contributed by atoms with Gasteiger partial charge in [-0.2, -0.15) is 13.2 Å². The van der Waals surface area contributed by atoms with Gasteiger partial charge in [-0.3, -0.25) is 4.98 Å². The number of aromatic nitrogens is 1. The maximum Gasteiger partial charge on any atom is 0.416 e. The lowest BCUT2D eigenvalue weighted by Crippen LogP contribution is -2.48. The van der Waals surface area contributed by atoms with Gasteiger partial charge < -0.3 is 14.6 Å². The number of benzene rings is 2. The van der Waals surface area contributed by atoms with Crippen LogP contribution in [-0.2, 0) is 17.4 Å². The van der Waals surface area contributed by atoms with Gasteiger partial charge in [0.15, 0.2) is 5.60 Å². The average molecular weight is 427 g/mol. The third-order valence-electron chi connectivity index (χ3n) is 6.52. The molecule has 2 heterocycles. The monoisotopic (exact) mass is 427 g/mol. The fourth-order valence-corrected chi connectivity index (χ4v) is 5.23. The zero-order valence-corrected chi connectivity index (χ0v) is 16.7. The van der Waals surface area contributed by atoms with Gasteiger partial charge in [0, 0.05) is 5.92 Å². The minimum absolute atomic E-state index is 0.285. The van der Waals surface area contributed by atoms with Crippen LogP contribution in [0.25, 0.3) is 0 Å². The van der Waals surface area contributed by atoms with Gasteiger partial charge >= 0.3 is 6.18 Å². The van der Waals surface area contributed by atoms with Gasteiger partial charge in [0.05, 0.1) is 30.6 Å². The molecule has 5 rings (SSSR count). The molecule has 0 radical (unpaired) electrons. The van der Waals surface area contributed by atoms with Crippen LogP contribution in [0, 0.1) is 0 Å². The smallest absolute Gasteiger partial charge is 0.416 e. The topological polar surface area (TPSA) is 51.6 Å². The largest absolute Gasteiger partial charge is 0.495 e. The zero-order chi connectivity index (χ0) is 21.9. The van der Waals surface area contributed by atoms with E-state index in [4.69, 9.17) is 9.47 Å². The zero-order valence-electron chi connectivity index (χ0n) is 16.7. The van der Waals surface area contributed by atoms with E-state index in [0.29, 0.717) is 35.5 Å². The van der Waals surface area contributed by atoms with Gasteiger partial charge in [-0.15, -0.1) is 0 Å². The highest BCUT2D eigenvalue weighted by molar-refractivity contribution is 5.57. The Labute approximate surface area is 177 Å². The third-order valence-corrected chi connectivity index (χ3v) is 6.52. The van der Waals surface area contributed by atoms with Crippen molar-refractivity contribution in [2.45, 2.75) is 36.1 Å². The van der Waals surface area contributed by atoms with Gasteiger partial charge in [-0.1, -0.05) is 42.5 Å². The van der Waals surface area contributed by atoms with Gasteiger partial charge in [-0.05, 0) is 36.1 Å². The Morgan fingerprint density at radius 2 is 1.77 bits per heavy atom. The Hall–Kier alpha value is -3.06. The summed E-state index contributed by atoms with van der Waals surface area (Å²) in [5.74, 6) is 0.484. The van der Waals surface area contributed by atoms with E-state index in [0.717, 1.165) is 17.7 Å². The highest BCUT2D eigenvalue weighted by atomic mass is 19.4. The van der Waals surface area contributed by atoms with E-state index >= 15 is 0 Å². The third kappa shape index (κ3) is 2.69. The van der Waals surface area contributed by atoms with E-state index < -0.39 is 22.9 Å². The normalized spacial score (nSPS) is 26.8. The molecule has 1 aliphatic heterocycles. The molecular weight excluding hydrogens is 407 g/mol. The van der Waals surface area contributed by atoms with Crippen LogP contribution in [0.5, 0.6) is 11.5 Å². The Kier molecular flexibility index (Phi) is 4.31. The number of aliphatic hydroxyl groups is 1. The summed E-state index contributed by atoms with van der Waals surface area (Å²) < 4.78 is 51.5. The number of pyridine rings is 1. The van der Waals surface area contributed by atoms with Crippen LogP contribution in [-0.4, -0.2) is 17.2 Å². The van der Waals surface area contributed by atoms with Crippen molar-refractivity contribution < 1.29 is 27.8 Å². The molecule has 0 amide bonds. The van der Waals surface area contributed by atoms with Crippen molar-refractivity contribution in [1.82, 2.24) is 4.98 Å². The van der Waals surface area contributed by atoms with Gasteiger partial charge in [0.25, 0.3) is 0 Å². The quantitative estimate of drug-likeness (QED) is 0.627. The summed E-state index contributed by atoms with van der Waals surface area (Å²) in [4.78, 5) is 4.14. The molecule has 1 fully saturated rings. The molecule has 31 heavy (non-hydrogen) atoms. The van der Waals surface area contributed by atoms with Crippen molar-refractivity contribution in [3.05, 3.63) is 89.2 Å². The molecule has 7 heteroatoms. The lowest BCUT2D eigenvalue weighted by Gasteiger charge is -2.40. The van der Waals surface area contributed by atoms with Gasteiger partial charge in [-0.25, -0.2) is 0 Å². The second-order valence-corrected chi connectivity index (χ2v) is 7.99. The molecular formula is C24H20F3NO3. The van der Waals surface area contributed by atoms with E-state index in [1.165, 1.54) is 31.6 Å². The highest BCUT2D eigenvalue weighted by Gasteiger charge is 2.69. The summed E-state index contributed by atoms with van der Waals surface area (Å²) in [5.41, 5.74) is -1.64. The first-order valence-electron chi connectivity index (χ1n) is 9.98. The van der Waals surface area contributed by atoms with Crippen LogP contribution in [0.1, 0.15) is 41.0 Å². The Morgan fingerprint density at radius 3 is 2.42 bits per heavy atom. The van der Waals surface area contributed by atoms with E-state index in [1.807, 2.05) is 30.3 Å². The number of hydrogen-bond donors (Lipinski definition) is 1. The van der Waals surface area contributed by atoms with E-state index in [-0.39, 0.29) is 5.92 Å². The minimum atomic E-state index is -4.45. The van der Waals surface area contributed by atoms with E-state index in [9.17, 15) is 18.3 Å². The van der Waals surface area contributed by atoms with Crippen molar-refractivity contribution in [2.24, 2.45) is 0 Å². The molecule has 1 saturated carbocycles. The van der Waals surface area contributed by atoms with Crippen molar-refractivity contribution in [1.29, 1.82) is 0 Å². The lowest BCUT2D eigenvalue weighted by molar-refractivity contribution is -0.137. The number of nitrogens with zero attached hydrogens (tertiary/aromatic N) is 1. The molecule has 1 N–H and O–H groups in total. The summed E-state index contributed by atoms with van der Waals surface area (Å²) in [6.07, 6.45) is -0.470. The second-order valence-electron chi connectivity index (χ2n) is 7.99. The number of ether oxygens (including phenoxy) is 2. The van der Waals surface area contributed by atoms with Gasteiger partial charge in [0.1, 0.15) is 17.1 Å². The van der Waals surface area contributed by atoms with Crippen molar-refractivity contribution >= 4 is 0 Å². The van der Waals surface area contributed by atoms with Crippen LogP contribution in [0.15, 0.2) is 67.0 Å². The molecule has 1 aliphatic carbocycles. The summed E-state index contributed by atoms with van der Waals surface area (Å²) in [6.45, 7) is 0. The standard InChI is InChI=1S/C24H20F3NO3/c1-30-19-13-28-14-20-21(19)22(29)12-11-18(15-5-3-2-4-6-15)23(22,31-20)16-7-9-17(10-8-16)24(25,26)27/h2-10,13-14,18,29H,11-12H2,1H3/t18?,22?,23-/m0/s1. The summed E-state index contributed by atoms with van der Waals surface area (Å²) in [6, 6.07) is 14.5. The predicted octanol–water partition coefficient (Wildman–Crippen LogP) is 5.16. The van der Waals surface area contributed by atoms with Crippen LogP contribution < -0.4 is 9.47 Å². The molecule has 160 valence electrons. The first kappa shape index (κ1) is 19.9. The van der Waals surface area contributed by atoms with Crippen LogP contribution >= 0.6 is 0 Å². The van der Waals surface area contributed by atoms with Crippen molar-refractivity contribution in [2.75, 3.05) is 7.11 Å². The van der Waals surface area contributed by atoms with E-state index in [1.54, 1.807) is 0 Å². The lowest BCUT2D eigenvalue weighted by atomic mass is 9.71. The summed E-state index contributed by atoms with van der Waals surface area (Å²) >= 11 is 0. The number of rotatable bonds is 3. The van der Waals surface area contributed by atoms with Gasteiger partial charge in [0.2, 0.25) is 0 Å². The fraction of sp³-hybridized carbons (Fsp3) is 0.292. The Bertz CT molecular complexity index is 1120. The number of halogens is 3. The average Bonchev–Trinajstić information content (AvgIpc) is 3.21. The minimum Gasteiger partial charge on any atom is -0.495 e. The summed E-state index contributed by atoms with van der Waals surface area (Å²) in [5, 5.41) is 12.1. The predicted molar refractivity (Wildman–Crippen MR) is 107 cm³/mol. The Morgan fingerprint density at radius 1 is 1.06 bits per heavy atom. The molecule has 2 aromatic carbocycles. The second kappa shape index (κ2) is 6.72. The summed E-state index contributed by atoms with van der Waals surface area (Å²) in [7, 11) is 1.49. The molecule has 0 bridgehead atoms. The first-order valence-corrected chi connectivity index (χ1v) is 9.98. The molecule has 1 aromatic heterocycles. The van der Waals surface area contributed by atoms with Crippen LogP contribution in [0.2, 0.25) is 0 Å². The molecule has 2 unspecified atom stereocenters. The molecule has 3 atom stereocenters. The molecule has 4 nitrogen and oxygen atoms in total. The maximum absolute atomic E-state index is 13.2.